The number of hydrogen-bond donors (Lipinski definition) is 2. The maximum absolute atomic E-state index is 13.4. The van der Waals surface area contributed by atoms with E-state index in [1.165, 1.54) is 6.07 Å². The van der Waals surface area contributed by atoms with Gasteiger partial charge in [0, 0.05) is 18.9 Å². The molecule has 1 aromatic heterocycles. The molecule has 0 aliphatic heterocycles. The first kappa shape index (κ1) is 13.7. The van der Waals surface area contributed by atoms with Crippen molar-refractivity contribution < 1.29 is 9.13 Å². The SMILES string of the molecule is COCc1nc(N)cc(Nc2ccc(Br)c(F)c2)n1. The minimum Gasteiger partial charge on any atom is -0.384 e. The maximum atomic E-state index is 13.4. The van der Waals surface area contributed by atoms with E-state index in [4.69, 9.17) is 10.5 Å². The largest absolute Gasteiger partial charge is 0.384 e. The van der Waals surface area contributed by atoms with Crippen LogP contribution in [0.15, 0.2) is 28.7 Å². The molecule has 1 heterocycles. The fourth-order valence-electron chi connectivity index (χ4n) is 1.50. The lowest BCUT2D eigenvalue weighted by molar-refractivity contribution is 0.178. The van der Waals surface area contributed by atoms with Gasteiger partial charge in [0.25, 0.3) is 0 Å². The predicted molar refractivity (Wildman–Crippen MR) is 74.5 cm³/mol. The van der Waals surface area contributed by atoms with E-state index in [1.54, 1.807) is 25.3 Å². The molecule has 1 aromatic carbocycles. The van der Waals surface area contributed by atoms with E-state index in [0.717, 1.165) is 0 Å². The lowest BCUT2D eigenvalue weighted by Crippen LogP contribution is -2.04. The van der Waals surface area contributed by atoms with Crippen molar-refractivity contribution in [1.82, 2.24) is 9.97 Å². The third kappa shape index (κ3) is 3.62. The fourth-order valence-corrected chi connectivity index (χ4v) is 1.74. The van der Waals surface area contributed by atoms with Gasteiger partial charge in [0.05, 0.1) is 4.47 Å². The molecule has 3 N–H and O–H groups in total. The maximum Gasteiger partial charge on any atom is 0.158 e. The molecule has 19 heavy (non-hydrogen) atoms. The van der Waals surface area contributed by atoms with Crippen molar-refractivity contribution in [3.05, 3.63) is 40.4 Å². The predicted octanol–water partition coefficient (Wildman–Crippen LogP) is 2.85. The van der Waals surface area contributed by atoms with Crippen molar-refractivity contribution in [3.8, 4) is 0 Å². The number of benzene rings is 1. The standard InChI is InChI=1S/C12H12BrFN4O/c1-19-6-12-17-10(15)5-11(18-12)16-7-2-3-8(13)9(14)4-7/h2-5H,6H2,1H3,(H3,15,16,17,18). The number of nitrogen functional groups attached to an aromatic ring is 1. The zero-order valence-corrected chi connectivity index (χ0v) is 11.7. The zero-order chi connectivity index (χ0) is 13.8. The quantitative estimate of drug-likeness (QED) is 0.903. The Balaban J connectivity index is 2.24. The van der Waals surface area contributed by atoms with Crippen molar-refractivity contribution in [1.29, 1.82) is 0 Å². The molecule has 0 amide bonds. The Morgan fingerprint density at radius 3 is 2.84 bits per heavy atom. The molecule has 0 spiro atoms. The second kappa shape index (κ2) is 5.94. The molecule has 100 valence electrons. The first-order chi connectivity index (χ1) is 9.08. The average Bonchev–Trinajstić information content (AvgIpc) is 2.33. The number of hydrogen-bond acceptors (Lipinski definition) is 5. The molecule has 0 aliphatic carbocycles. The van der Waals surface area contributed by atoms with Crippen molar-refractivity contribution in [2.24, 2.45) is 0 Å². The Morgan fingerprint density at radius 2 is 2.16 bits per heavy atom. The number of methoxy groups -OCH3 is 1. The minimum absolute atomic E-state index is 0.258. The summed E-state index contributed by atoms with van der Waals surface area (Å²) in [7, 11) is 1.55. The van der Waals surface area contributed by atoms with Gasteiger partial charge in [-0.15, -0.1) is 0 Å². The first-order valence-electron chi connectivity index (χ1n) is 5.43. The molecule has 0 saturated carbocycles. The van der Waals surface area contributed by atoms with Crippen LogP contribution >= 0.6 is 15.9 Å². The third-order valence-electron chi connectivity index (χ3n) is 2.26. The Kier molecular flexibility index (Phi) is 4.28. The highest BCUT2D eigenvalue weighted by Gasteiger charge is 2.05. The first-order valence-corrected chi connectivity index (χ1v) is 6.22. The van der Waals surface area contributed by atoms with Gasteiger partial charge in [-0.1, -0.05) is 0 Å². The molecule has 0 unspecified atom stereocenters. The molecule has 7 heteroatoms. The van der Waals surface area contributed by atoms with Crippen LogP contribution < -0.4 is 11.1 Å². The minimum atomic E-state index is -0.357. The molecule has 0 fully saturated rings. The summed E-state index contributed by atoms with van der Waals surface area (Å²) in [5.41, 5.74) is 6.24. The van der Waals surface area contributed by atoms with Gasteiger partial charge in [0.2, 0.25) is 0 Å². The van der Waals surface area contributed by atoms with Gasteiger partial charge in [-0.05, 0) is 34.1 Å². The molecular formula is C12H12BrFN4O. The number of nitrogens with zero attached hydrogens (tertiary/aromatic N) is 2. The number of nitrogens with one attached hydrogen (secondary N) is 1. The van der Waals surface area contributed by atoms with Crippen molar-refractivity contribution in [3.63, 3.8) is 0 Å². The van der Waals surface area contributed by atoms with Gasteiger partial charge in [0.1, 0.15) is 24.1 Å². The Labute approximate surface area is 118 Å². The number of anilines is 3. The van der Waals surface area contributed by atoms with Gasteiger partial charge in [0.15, 0.2) is 5.82 Å². The van der Waals surface area contributed by atoms with Crippen LogP contribution in [0.1, 0.15) is 5.82 Å². The van der Waals surface area contributed by atoms with Crippen molar-refractivity contribution in [2.45, 2.75) is 6.61 Å². The monoisotopic (exact) mass is 326 g/mol. The molecule has 2 aromatic rings. The van der Waals surface area contributed by atoms with Gasteiger partial charge in [-0.3, -0.25) is 0 Å². The summed E-state index contributed by atoms with van der Waals surface area (Å²) < 4.78 is 18.7. The summed E-state index contributed by atoms with van der Waals surface area (Å²) in [5.74, 6) is 0.912. The number of nitrogens with two attached hydrogens (primary N) is 1. The van der Waals surface area contributed by atoms with Crippen LogP contribution in [0, 0.1) is 5.82 Å². The summed E-state index contributed by atoms with van der Waals surface area (Å²) in [4.78, 5) is 8.23. The summed E-state index contributed by atoms with van der Waals surface area (Å²) >= 11 is 3.09. The Bertz CT molecular complexity index is 594. The molecule has 0 atom stereocenters. The summed E-state index contributed by atoms with van der Waals surface area (Å²) in [6.45, 7) is 0.258. The van der Waals surface area contributed by atoms with E-state index in [9.17, 15) is 4.39 Å². The molecule has 5 nitrogen and oxygen atoms in total. The average molecular weight is 327 g/mol. The lowest BCUT2D eigenvalue weighted by Gasteiger charge is -2.08. The highest BCUT2D eigenvalue weighted by atomic mass is 79.9. The molecule has 0 bridgehead atoms. The van der Waals surface area contributed by atoms with Crippen LogP contribution in [-0.4, -0.2) is 17.1 Å². The zero-order valence-electron chi connectivity index (χ0n) is 10.2. The number of rotatable bonds is 4. The second-order valence-corrected chi connectivity index (χ2v) is 4.64. The Hall–Kier alpha value is -1.73. The molecule has 0 radical (unpaired) electrons. The second-order valence-electron chi connectivity index (χ2n) is 3.78. The van der Waals surface area contributed by atoms with E-state index in [0.29, 0.717) is 27.6 Å². The lowest BCUT2D eigenvalue weighted by atomic mass is 10.3. The highest BCUT2D eigenvalue weighted by Crippen LogP contribution is 2.22. The van der Waals surface area contributed by atoms with E-state index in [1.807, 2.05) is 0 Å². The van der Waals surface area contributed by atoms with E-state index >= 15 is 0 Å². The van der Waals surface area contributed by atoms with Crippen molar-refractivity contribution >= 4 is 33.3 Å². The molecular weight excluding hydrogens is 315 g/mol. The van der Waals surface area contributed by atoms with Gasteiger partial charge >= 0.3 is 0 Å². The summed E-state index contributed by atoms with van der Waals surface area (Å²) in [6.07, 6.45) is 0. The topological polar surface area (TPSA) is 73.1 Å². The van der Waals surface area contributed by atoms with Crippen LogP contribution in [0.5, 0.6) is 0 Å². The summed E-state index contributed by atoms with van der Waals surface area (Å²) in [6, 6.07) is 6.26. The van der Waals surface area contributed by atoms with Gasteiger partial charge in [-0.2, -0.15) is 0 Å². The van der Waals surface area contributed by atoms with Crippen LogP contribution in [0.2, 0.25) is 0 Å². The third-order valence-corrected chi connectivity index (χ3v) is 2.90. The van der Waals surface area contributed by atoms with E-state index in [-0.39, 0.29) is 12.4 Å². The van der Waals surface area contributed by atoms with E-state index < -0.39 is 0 Å². The van der Waals surface area contributed by atoms with Crippen molar-refractivity contribution in [2.75, 3.05) is 18.2 Å². The number of ether oxygens (including phenoxy) is 1. The highest BCUT2D eigenvalue weighted by molar-refractivity contribution is 9.10. The van der Waals surface area contributed by atoms with Crippen LogP contribution in [0.25, 0.3) is 0 Å². The van der Waals surface area contributed by atoms with Crippen LogP contribution in [0.4, 0.5) is 21.7 Å². The van der Waals surface area contributed by atoms with E-state index in [2.05, 4.69) is 31.2 Å². The molecule has 0 saturated heterocycles. The molecule has 0 aliphatic rings. The van der Waals surface area contributed by atoms with Gasteiger partial charge < -0.3 is 15.8 Å². The summed E-state index contributed by atoms with van der Waals surface area (Å²) in [5, 5.41) is 2.96. The fraction of sp³-hybridized carbons (Fsp3) is 0.167. The molecule has 2 rings (SSSR count). The van der Waals surface area contributed by atoms with Gasteiger partial charge in [-0.25, -0.2) is 14.4 Å². The smallest absolute Gasteiger partial charge is 0.158 e. The Morgan fingerprint density at radius 1 is 1.37 bits per heavy atom. The number of halogens is 2. The normalized spacial score (nSPS) is 10.5. The number of aromatic nitrogens is 2. The van der Waals surface area contributed by atoms with Crippen LogP contribution in [-0.2, 0) is 11.3 Å². The van der Waals surface area contributed by atoms with Crippen LogP contribution in [0.3, 0.4) is 0 Å².